The predicted octanol–water partition coefficient (Wildman–Crippen LogP) is 2.30. The van der Waals surface area contributed by atoms with Crippen molar-refractivity contribution < 1.29 is 0 Å². The molecule has 1 nitrogen and oxygen atoms in total. The third-order valence-corrected chi connectivity index (χ3v) is 3.58. The van der Waals surface area contributed by atoms with Crippen LogP contribution >= 0.6 is 0 Å². The quantitative estimate of drug-likeness (QED) is 0.568. The van der Waals surface area contributed by atoms with Gasteiger partial charge in [-0.15, -0.1) is 0 Å². The molecule has 3 unspecified atom stereocenters. The number of nitrogens with two attached hydrogens (primary N) is 1. The second-order valence-electron chi connectivity index (χ2n) is 4.38. The minimum absolute atomic E-state index is 0.536. The van der Waals surface area contributed by atoms with E-state index >= 15 is 0 Å². The van der Waals surface area contributed by atoms with E-state index in [0.29, 0.717) is 6.04 Å². The van der Waals surface area contributed by atoms with E-state index in [1.807, 2.05) is 0 Å². The van der Waals surface area contributed by atoms with Crippen LogP contribution in [-0.4, -0.2) is 6.04 Å². The molecular formula is C10H19N. The van der Waals surface area contributed by atoms with Crippen molar-refractivity contribution in [2.75, 3.05) is 0 Å². The smallest absolute Gasteiger partial charge is 0.00416 e. The predicted molar refractivity (Wildman–Crippen MR) is 47.3 cm³/mol. The van der Waals surface area contributed by atoms with E-state index in [-0.39, 0.29) is 0 Å². The molecule has 0 aromatic heterocycles. The Morgan fingerprint density at radius 3 is 2.36 bits per heavy atom. The molecule has 2 aliphatic rings. The average molecular weight is 153 g/mol. The van der Waals surface area contributed by atoms with Gasteiger partial charge in [0.1, 0.15) is 0 Å². The van der Waals surface area contributed by atoms with Gasteiger partial charge in [0.05, 0.1) is 0 Å². The number of hydrogen-bond donors (Lipinski definition) is 1. The highest BCUT2D eigenvalue weighted by Gasteiger charge is 2.30. The molecule has 0 spiro atoms. The van der Waals surface area contributed by atoms with E-state index in [2.05, 4.69) is 0 Å². The van der Waals surface area contributed by atoms with Gasteiger partial charge < -0.3 is 5.73 Å². The first kappa shape index (κ1) is 7.60. The van der Waals surface area contributed by atoms with Crippen LogP contribution in [0.1, 0.15) is 44.9 Å². The Balaban J connectivity index is 1.93. The van der Waals surface area contributed by atoms with Gasteiger partial charge in [-0.3, -0.25) is 0 Å². The van der Waals surface area contributed by atoms with E-state index in [1.165, 1.54) is 44.9 Å². The first-order chi connectivity index (χ1) is 5.36. The lowest BCUT2D eigenvalue weighted by molar-refractivity contribution is 0.157. The first-order valence-corrected chi connectivity index (χ1v) is 5.12. The highest BCUT2D eigenvalue weighted by Crippen LogP contribution is 2.39. The maximum absolute atomic E-state index is 5.94. The van der Waals surface area contributed by atoms with E-state index in [1.54, 1.807) is 0 Å². The molecule has 2 fully saturated rings. The first-order valence-electron chi connectivity index (χ1n) is 5.12. The summed E-state index contributed by atoms with van der Waals surface area (Å²) >= 11 is 0. The lowest BCUT2D eigenvalue weighted by atomic mass is 9.70. The highest BCUT2D eigenvalue weighted by atomic mass is 14.6. The zero-order valence-electron chi connectivity index (χ0n) is 7.26. The minimum Gasteiger partial charge on any atom is -0.328 e. The summed E-state index contributed by atoms with van der Waals surface area (Å²) in [6, 6.07) is 0.536. The molecule has 2 rings (SSSR count). The van der Waals surface area contributed by atoms with Crippen molar-refractivity contribution in [3.8, 4) is 0 Å². The lowest BCUT2D eigenvalue weighted by Gasteiger charge is -2.38. The van der Waals surface area contributed by atoms with Crippen LogP contribution in [0.25, 0.3) is 0 Å². The normalized spacial score (nSPS) is 45.0. The highest BCUT2D eigenvalue weighted by molar-refractivity contribution is 4.84. The molecule has 0 aliphatic heterocycles. The zero-order valence-corrected chi connectivity index (χ0v) is 7.26. The second-order valence-corrected chi connectivity index (χ2v) is 4.38. The minimum atomic E-state index is 0.536. The molecule has 0 heterocycles. The Labute approximate surface area is 69.4 Å². The van der Waals surface area contributed by atoms with E-state index in [9.17, 15) is 0 Å². The second kappa shape index (κ2) is 3.14. The van der Waals surface area contributed by atoms with E-state index in [4.69, 9.17) is 5.73 Å². The van der Waals surface area contributed by atoms with Gasteiger partial charge in [0.25, 0.3) is 0 Å². The zero-order chi connectivity index (χ0) is 7.68. The molecule has 11 heavy (non-hydrogen) atoms. The molecule has 64 valence electrons. The summed E-state index contributed by atoms with van der Waals surface area (Å²) in [5.41, 5.74) is 5.94. The van der Waals surface area contributed by atoms with Crippen molar-refractivity contribution in [1.82, 2.24) is 0 Å². The van der Waals surface area contributed by atoms with Crippen LogP contribution in [-0.2, 0) is 0 Å². The van der Waals surface area contributed by atoms with Crippen LogP contribution in [0.5, 0.6) is 0 Å². The molecule has 0 aromatic rings. The van der Waals surface area contributed by atoms with Gasteiger partial charge in [-0.1, -0.05) is 25.7 Å². The fraction of sp³-hybridized carbons (Fsp3) is 1.00. The van der Waals surface area contributed by atoms with Crippen molar-refractivity contribution in [2.45, 2.75) is 51.0 Å². The third kappa shape index (κ3) is 1.58. The molecule has 2 saturated carbocycles. The molecule has 3 atom stereocenters. The average Bonchev–Trinajstić information content (AvgIpc) is 2.04. The van der Waals surface area contributed by atoms with Gasteiger partial charge in [0.15, 0.2) is 0 Å². The van der Waals surface area contributed by atoms with Gasteiger partial charge in [0, 0.05) is 6.04 Å². The molecule has 2 N–H and O–H groups in total. The Bertz CT molecular complexity index is 133. The molecular weight excluding hydrogens is 134 g/mol. The Hall–Kier alpha value is -0.0400. The largest absolute Gasteiger partial charge is 0.328 e. The number of rotatable bonds is 0. The Kier molecular flexibility index (Phi) is 2.17. The van der Waals surface area contributed by atoms with Crippen LogP contribution < -0.4 is 5.73 Å². The summed E-state index contributed by atoms with van der Waals surface area (Å²) in [4.78, 5) is 0. The van der Waals surface area contributed by atoms with Gasteiger partial charge in [-0.25, -0.2) is 0 Å². The summed E-state index contributed by atoms with van der Waals surface area (Å²) in [5, 5.41) is 0. The van der Waals surface area contributed by atoms with Gasteiger partial charge in [-0.05, 0) is 31.1 Å². The standard InChI is InChI=1S/C10H19N/c11-10-6-5-8-3-1-2-4-9(8)7-10/h8-10H,1-7,11H2. The Morgan fingerprint density at radius 2 is 1.55 bits per heavy atom. The van der Waals surface area contributed by atoms with Crippen molar-refractivity contribution in [3.63, 3.8) is 0 Å². The fourth-order valence-electron chi connectivity index (χ4n) is 2.91. The summed E-state index contributed by atoms with van der Waals surface area (Å²) < 4.78 is 0. The molecule has 2 aliphatic carbocycles. The van der Waals surface area contributed by atoms with Crippen LogP contribution in [0.2, 0.25) is 0 Å². The van der Waals surface area contributed by atoms with Crippen LogP contribution in [0, 0.1) is 11.8 Å². The summed E-state index contributed by atoms with van der Waals surface area (Å²) in [7, 11) is 0. The van der Waals surface area contributed by atoms with Crippen LogP contribution in [0.3, 0.4) is 0 Å². The summed E-state index contributed by atoms with van der Waals surface area (Å²) in [6.45, 7) is 0. The number of fused-ring (bicyclic) bond motifs is 1. The molecule has 0 amide bonds. The van der Waals surface area contributed by atoms with Gasteiger partial charge in [-0.2, -0.15) is 0 Å². The van der Waals surface area contributed by atoms with Crippen molar-refractivity contribution in [1.29, 1.82) is 0 Å². The molecule has 0 saturated heterocycles. The van der Waals surface area contributed by atoms with Gasteiger partial charge >= 0.3 is 0 Å². The van der Waals surface area contributed by atoms with Gasteiger partial charge in [0.2, 0.25) is 0 Å². The summed E-state index contributed by atoms with van der Waals surface area (Å²) in [5.74, 6) is 2.07. The van der Waals surface area contributed by atoms with Crippen LogP contribution in [0.15, 0.2) is 0 Å². The van der Waals surface area contributed by atoms with Crippen molar-refractivity contribution in [2.24, 2.45) is 17.6 Å². The van der Waals surface area contributed by atoms with Crippen molar-refractivity contribution in [3.05, 3.63) is 0 Å². The Morgan fingerprint density at radius 1 is 0.818 bits per heavy atom. The van der Waals surface area contributed by atoms with E-state index in [0.717, 1.165) is 11.8 Å². The summed E-state index contributed by atoms with van der Waals surface area (Å²) in [6.07, 6.45) is 9.96. The fourth-order valence-corrected chi connectivity index (χ4v) is 2.91. The third-order valence-electron chi connectivity index (χ3n) is 3.58. The lowest BCUT2D eigenvalue weighted by Crippen LogP contribution is -2.34. The molecule has 0 aromatic carbocycles. The topological polar surface area (TPSA) is 26.0 Å². The SMILES string of the molecule is NC1CCC2CCCCC2C1. The monoisotopic (exact) mass is 153 g/mol. The van der Waals surface area contributed by atoms with Crippen LogP contribution in [0.4, 0.5) is 0 Å². The molecule has 1 heteroatoms. The number of hydrogen-bond acceptors (Lipinski definition) is 1. The maximum Gasteiger partial charge on any atom is 0.00416 e. The molecule has 0 radical (unpaired) electrons. The van der Waals surface area contributed by atoms with E-state index < -0.39 is 0 Å². The maximum atomic E-state index is 5.94. The van der Waals surface area contributed by atoms with Crippen molar-refractivity contribution >= 4 is 0 Å². The molecule has 0 bridgehead atoms.